The first-order valence-corrected chi connectivity index (χ1v) is 9.52. The van der Waals surface area contributed by atoms with Crippen molar-refractivity contribution in [1.29, 1.82) is 0 Å². The zero-order valence-corrected chi connectivity index (χ0v) is 15.3. The highest BCUT2D eigenvalue weighted by Crippen LogP contribution is 2.07. The number of hydrogen-bond donors (Lipinski definition) is 2. The number of sulfonamides is 1. The van der Waals surface area contributed by atoms with Crippen LogP contribution in [0.5, 0.6) is 0 Å². The summed E-state index contributed by atoms with van der Waals surface area (Å²) < 4.78 is 43.9. The molecule has 2 aromatic rings. The molecule has 27 heavy (non-hydrogen) atoms. The first-order chi connectivity index (χ1) is 12.8. The van der Waals surface area contributed by atoms with Crippen molar-refractivity contribution in [2.75, 3.05) is 6.54 Å². The zero-order valence-electron chi connectivity index (χ0n) is 14.5. The summed E-state index contributed by atoms with van der Waals surface area (Å²) in [5, 5.41) is 2.54. The quantitative estimate of drug-likeness (QED) is 0.658. The van der Waals surface area contributed by atoms with Gasteiger partial charge in [0.15, 0.2) is 6.10 Å². The second kappa shape index (κ2) is 9.24. The van der Waals surface area contributed by atoms with E-state index in [9.17, 15) is 22.4 Å². The maximum atomic E-state index is 12.8. The second-order valence-electron chi connectivity index (χ2n) is 5.61. The van der Waals surface area contributed by atoms with Gasteiger partial charge < -0.3 is 10.1 Å². The molecule has 2 N–H and O–H groups in total. The molecule has 0 saturated carbocycles. The number of ether oxygens (including phenoxy) is 1. The number of carbonyl (C=O) groups is 2. The van der Waals surface area contributed by atoms with Crippen molar-refractivity contribution in [2.24, 2.45) is 0 Å². The molecule has 1 atom stereocenters. The topological polar surface area (TPSA) is 102 Å². The van der Waals surface area contributed by atoms with Crippen molar-refractivity contribution in [3.63, 3.8) is 0 Å². The molecule has 2 aromatic carbocycles. The molecule has 0 bridgehead atoms. The molecule has 144 valence electrons. The molecule has 1 amide bonds. The zero-order chi connectivity index (χ0) is 19.9. The molecule has 7 nitrogen and oxygen atoms in total. The van der Waals surface area contributed by atoms with Gasteiger partial charge in [0, 0.05) is 6.54 Å². The summed E-state index contributed by atoms with van der Waals surface area (Å²) >= 11 is 0. The fourth-order valence-corrected chi connectivity index (χ4v) is 3.05. The lowest BCUT2D eigenvalue weighted by Gasteiger charge is -2.14. The number of amides is 1. The third kappa shape index (κ3) is 6.46. The molecule has 0 spiro atoms. The Kier molecular flexibility index (Phi) is 7.03. The van der Waals surface area contributed by atoms with Crippen LogP contribution in [0, 0.1) is 5.82 Å². The summed E-state index contributed by atoms with van der Waals surface area (Å²) in [6.45, 7) is 0.901. The number of benzene rings is 2. The summed E-state index contributed by atoms with van der Waals surface area (Å²) in [4.78, 5) is 23.7. The van der Waals surface area contributed by atoms with Crippen LogP contribution in [0.25, 0.3) is 0 Å². The van der Waals surface area contributed by atoms with Gasteiger partial charge in [-0.2, -0.15) is 4.72 Å². The van der Waals surface area contributed by atoms with Crippen LogP contribution >= 0.6 is 0 Å². The lowest BCUT2D eigenvalue weighted by Crippen LogP contribution is -2.38. The van der Waals surface area contributed by atoms with Crippen molar-refractivity contribution in [2.45, 2.75) is 24.5 Å². The largest absolute Gasteiger partial charge is 0.452 e. The van der Waals surface area contributed by atoms with Gasteiger partial charge >= 0.3 is 5.97 Å². The molecule has 0 aliphatic rings. The van der Waals surface area contributed by atoms with E-state index in [0.29, 0.717) is 5.56 Å². The molecule has 2 rings (SSSR count). The highest BCUT2D eigenvalue weighted by atomic mass is 32.2. The Morgan fingerprint density at radius 1 is 1.07 bits per heavy atom. The fraction of sp³-hybridized carbons (Fsp3) is 0.222. The predicted molar refractivity (Wildman–Crippen MR) is 95.4 cm³/mol. The van der Waals surface area contributed by atoms with Crippen molar-refractivity contribution in [3.8, 4) is 0 Å². The average Bonchev–Trinajstić information content (AvgIpc) is 2.66. The van der Waals surface area contributed by atoms with Gasteiger partial charge in [-0.15, -0.1) is 0 Å². The molecule has 0 aliphatic carbocycles. The molecule has 9 heteroatoms. The highest BCUT2D eigenvalue weighted by Gasteiger charge is 2.20. The summed E-state index contributed by atoms with van der Waals surface area (Å²) in [6, 6.07) is 13.1. The van der Waals surface area contributed by atoms with Gasteiger partial charge in [-0.05, 0) is 36.8 Å². The number of carbonyl (C=O) groups excluding carboxylic acids is 2. The van der Waals surface area contributed by atoms with Gasteiger partial charge in [-0.25, -0.2) is 12.8 Å². The van der Waals surface area contributed by atoms with Crippen molar-refractivity contribution >= 4 is 21.9 Å². The van der Waals surface area contributed by atoms with Gasteiger partial charge in [0.2, 0.25) is 10.0 Å². The normalized spacial score (nSPS) is 12.2. The Balaban J connectivity index is 1.79. The number of hydrogen-bond acceptors (Lipinski definition) is 5. The van der Waals surface area contributed by atoms with Crippen LogP contribution < -0.4 is 10.0 Å². The Morgan fingerprint density at radius 3 is 2.33 bits per heavy atom. The molecular formula is C18H19FN2O5S. The molecule has 0 aliphatic heterocycles. The van der Waals surface area contributed by atoms with Crippen LogP contribution in [0.4, 0.5) is 4.39 Å². The van der Waals surface area contributed by atoms with E-state index >= 15 is 0 Å². The Morgan fingerprint density at radius 2 is 1.70 bits per heavy atom. The highest BCUT2D eigenvalue weighted by molar-refractivity contribution is 7.89. The summed E-state index contributed by atoms with van der Waals surface area (Å²) in [5.74, 6) is -1.83. The number of rotatable bonds is 8. The van der Waals surface area contributed by atoms with Gasteiger partial charge in [0.05, 0.1) is 4.90 Å². The van der Waals surface area contributed by atoms with E-state index in [1.165, 1.54) is 43.3 Å². The van der Waals surface area contributed by atoms with E-state index in [1.807, 2.05) is 0 Å². The number of halogens is 1. The van der Waals surface area contributed by atoms with Crippen LogP contribution in [0.1, 0.15) is 12.5 Å². The Bertz CT molecular complexity index is 886. The monoisotopic (exact) mass is 394 g/mol. The molecule has 0 saturated heterocycles. The fourth-order valence-electron chi connectivity index (χ4n) is 2.06. The van der Waals surface area contributed by atoms with Gasteiger partial charge in [-0.3, -0.25) is 9.59 Å². The van der Waals surface area contributed by atoms with Crippen molar-refractivity contribution < 1.29 is 27.1 Å². The van der Waals surface area contributed by atoms with Crippen LogP contribution in [-0.4, -0.2) is 32.9 Å². The number of esters is 1. The minimum atomic E-state index is -3.84. The Labute approximate surface area is 156 Å². The molecular weight excluding hydrogens is 375 g/mol. The lowest BCUT2D eigenvalue weighted by atomic mass is 10.2. The summed E-state index contributed by atoms with van der Waals surface area (Å²) in [6.07, 6.45) is -1.11. The minimum absolute atomic E-state index is 0.0166. The molecule has 0 radical (unpaired) electrons. The summed E-state index contributed by atoms with van der Waals surface area (Å²) in [5.41, 5.74) is 0.680. The predicted octanol–water partition coefficient (Wildman–Crippen LogP) is 1.35. The minimum Gasteiger partial charge on any atom is -0.452 e. The van der Waals surface area contributed by atoms with E-state index < -0.39 is 34.5 Å². The van der Waals surface area contributed by atoms with E-state index in [4.69, 9.17) is 4.74 Å². The average molecular weight is 394 g/mol. The number of nitrogens with one attached hydrogen (secondary N) is 2. The maximum absolute atomic E-state index is 12.8. The van der Waals surface area contributed by atoms with Gasteiger partial charge in [0.1, 0.15) is 12.4 Å². The first-order valence-electron chi connectivity index (χ1n) is 8.04. The molecule has 0 fully saturated rings. The van der Waals surface area contributed by atoms with Crippen LogP contribution in [0.2, 0.25) is 0 Å². The standard InChI is InChI=1S/C18H19FN2O5S/c1-13(18(23)20-11-14-7-9-15(19)10-8-14)26-17(22)12-21-27(24,25)16-5-3-2-4-6-16/h2-10,13,21H,11-12H2,1H3,(H,20,23)/t13-/m1/s1. The second-order valence-corrected chi connectivity index (χ2v) is 7.38. The van der Waals surface area contributed by atoms with E-state index in [-0.39, 0.29) is 17.3 Å². The Hall–Kier alpha value is -2.78. The first kappa shape index (κ1) is 20.5. The van der Waals surface area contributed by atoms with Crippen LogP contribution in [0.3, 0.4) is 0 Å². The van der Waals surface area contributed by atoms with E-state index in [2.05, 4.69) is 10.0 Å². The summed E-state index contributed by atoms with van der Waals surface area (Å²) in [7, 11) is -3.84. The lowest BCUT2D eigenvalue weighted by molar-refractivity contribution is -0.153. The molecule has 0 heterocycles. The van der Waals surface area contributed by atoms with E-state index in [1.54, 1.807) is 18.2 Å². The smallest absolute Gasteiger partial charge is 0.321 e. The van der Waals surface area contributed by atoms with Crippen LogP contribution in [0.15, 0.2) is 59.5 Å². The molecule has 0 aromatic heterocycles. The third-order valence-corrected chi connectivity index (χ3v) is 4.93. The third-order valence-electron chi connectivity index (χ3n) is 3.52. The van der Waals surface area contributed by atoms with Gasteiger partial charge in [-0.1, -0.05) is 30.3 Å². The van der Waals surface area contributed by atoms with Crippen LogP contribution in [-0.2, 0) is 30.9 Å². The van der Waals surface area contributed by atoms with E-state index in [0.717, 1.165) is 0 Å². The van der Waals surface area contributed by atoms with Crippen molar-refractivity contribution in [3.05, 3.63) is 66.0 Å². The van der Waals surface area contributed by atoms with Gasteiger partial charge in [0.25, 0.3) is 5.91 Å². The van der Waals surface area contributed by atoms with Crippen molar-refractivity contribution in [1.82, 2.24) is 10.0 Å². The molecule has 0 unspecified atom stereocenters. The SMILES string of the molecule is C[C@@H](OC(=O)CNS(=O)(=O)c1ccccc1)C(=O)NCc1ccc(F)cc1. The maximum Gasteiger partial charge on any atom is 0.321 e.